The zero-order valence-corrected chi connectivity index (χ0v) is 23.3. The van der Waals surface area contributed by atoms with Crippen LogP contribution >= 0.6 is 0 Å². The lowest BCUT2D eigenvalue weighted by molar-refractivity contribution is -0.140. The smallest absolute Gasteiger partial charge is 0.434 e. The zero-order valence-electron chi connectivity index (χ0n) is 23.3. The highest BCUT2D eigenvalue weighted by molar-refractivity contribution is 5.83. The second-order valence-corrected chi connectivity index (χ2v) is 10.2. The van der Waals surface area contributed by atoms with E-state index >= 15 is 0 Å². The third-order valence-electron chi connectivity index (χ3n) is 7.30. The summed E-state index contributed by atoms with van der Waals surface area (Å²) in [5, 5.41) is 16.7. The maximum absolute atomic E-state index is 13.3. The van der Waals surface area contributed by atoms with E-state index in [-0.39, 0.29) is 35.6 Å². The van der Waals surface area contributed by atoms with Crippen LogP contribution in [-0.4, -0.2) is 65.3 Å². The molecule has 1 fully saturated rings. The van der Waals surface area contributed by atoms with Crippen molar-refractivity contribution in [1.82, 2.24) is 39.3 Å². The van der Waals surface area contributed by atoms with Crippen molar-refractivity contribution >= 4 is 11.0 Å². The highest BCUT2D eigenvalue weighted by Crippen LogP contribution is 2.45. The van der Waals surface area contributed by atoms with Crippen LogP contribution in [0.4, 0.5) is 17.6 Å². The van der Waals surface area contributed by atoms with E-state index in [1.165, 1.54) is 62.6 Å². The molecule has 1 saturated carbocycles. The van der Waals surface area contributed by atoms with Crippen molar-refractivity contribution in [2.45, 2.75) is 44.1 Å². The molecule has 6 rings (SSSR count). The normalized spacial score (nSPS) is 15.1. The number of benzene rings is 1. The van der Waals surface area contributed by atoms with Gasteiger partial charge in [0.2, 0.25) is 11.8 Å². The summed E-state index contributed by atoms with van der Waals surface area (Å²) in [5.41, 5.74) is -0.721. The average molecular weight is 599 g/mol. The molecule has 15 heteroatoms. The second-order valence-electron chi connectivity index (χ2n) is 10.2. The molecule has 1 atom stereocenters. The SMILES string of the molecule is COc1ncnc(C2CC2)c1-c1ncc2c(OC)nn([C@@](C)(O)c3ccc(-c4nc(C(F)(F)F)cn4CCF)cc3)c2n1. The quantitative estimate of drug-likeness (QED) is 0.240. The molecule has 224 valence electrons. The van der Waals surface area contributed by atoms with Crippen molar-refractivity contribution < 1.29 is 32.1 Å². The Morgan fingerprint density at radius 1 is 1.00 bits per heavy atom. The van der Waals surface area contributed by atoms with Gasteiger partial charge in [-0.15, -0.1) is 5.10 Å². The zero-order chi connectivity index (χ0) is 30.5. The number of rotatable bonds is 9. The Bertz CT molecular complexity index is 1800. The number of methoxy groups -OCH3 is 2. The average Bonchev–Trinajstić information content (AvgIpc) is 3.64. The lowest BCUT2D eigenvalue weighted by Gasteiger charge is -2.25. The Morgan fingerprint density at radius 3 is 2.35 bits per heavy atom. The van der Waals surface area contributed by atoms with Gasteiger partial charge in [-0.3, -0.25) is 0 Å². The number of aliphatic hydroxyl groups is 1. The van der Waals surface area contributed by atoms with E-state index in [1.54, 1.807) is 0 Å². The highest BCUT2D eigenvalue weighted by Gasteiger charge is 2.36. The van der Waals surface area contributed by atoms with Crippen molar-refractivity contribution in [2.75, 3.05) is 20.9 Å². The first-order valence-corrected chi connectivity index (χ1v) is 13.3. The summed E-state index contributed by atoms with van der Waals surface area (Å²) in [4.78, 5) is 21.6. The van der Waals surface area contributed by atoms with E-state index in [0.717, 1.165) is 29.3 Å². The molecule has 0 spiro atoms. The first kappa shape index (κ1) is 28.5. The van der Waals surface area contributed by atoms with Crippen LogP contribution in [0.15, 0.2) is 43.0 Å². The number of aromatic nitrogens is 8. The number of aryl methyl sites for hydroxylation is 1. The Morgan fingerprint density at radius 2 is 1.72 bits per heavy atom. The van der Waals surface area contributed by atoms with Gasteiger partial charge in [0.05, 0.1) is 26.5 Å². The van der Waals surface area contributed by atoms with Crippen molar-refractivity contribution in [3.63, 3.8) is 0 Å². The molecule has 1 aliphatic carbocycles. The summed E-state index contributed by atoms with van der Waals surface area (Å²) in [7, 11) is 2.92. The van der Waals surface area contributed by atoms with Gasteiger partial charge in [0.1, 0.15) is 29.8 Å². The van der Waals surface area contributed by atoms with Gasteiger partial charge in [-0.2, -0.15) is 13.2 Å². The summed E-state index contributed by atoms with van der Waals surface area (Å²) >= 11 is 0. The molecule has 0 bridgehead atoms. The van der Waals surface area contributed by atoms with E-state index in [0.29, 0.717) is 28.0 Å². The van der Waals surface area contributed by atoms with Gasteiger partial charge in [-0.1, -0.05) is 24.3 Å². The molecule has 0 saturated heterocycles. The van der Waals surface area contributed by atoms with Crippen LogP contribution in [0.3, 0.4) is 0 Å². The molecule has 4 aromatic heterocycles. The van der Waals surface area contributed by atoms with Crippen LogP contribution in [0.2, 0.25) is 0 Å². The third kappa shape index (κ3) is 5.02. The first-order valence-electron chi connectivity index (χ1n) is 13.3. The minimum absolute atomic E-state index is 0.0507. The molecular formula is C28H26F4N8O3. The molecular weight excluding hydrogens is 572 g/mol. The molecule has 5 aromatic rings. The van der Waals surface area contributed by atoms with E-state index in [2.05, 4.69) is 25.0 Å². The summed E-state index contributed by atoms with van der Waals surface area (Å²) in [6.45, 7) is 0.330. The van der Waals surface area contributed by atoms with Crippen molar-refractivity contribution in [3.8, 4) is 34.5 Å². The van der Waals surface area contributed by atoms with Crippen molar-refractivity contribution in [1.29, 1.82) is 0 Å². The fraction of sp³-hybridized carbons (Fsp3) is 0.357. The van der Waals surface area contributed by atoms with Gasteiger partial charge >= 0.3 is 6.18 Å². The standard InChI is InChI=1S/C28H26F4N8O3/c1-27(41,17-8-6-16(7-9-17)23-36-19(28(30,31)32)13-39(23)11-10-29)40-24-18(25(38-40)42-2)12-33-22(37-24)20-21(15-4-5-15)34-14-35-26(20)43-3/h6-9,12-15,41H,4-5,10-11H2,1-3H3/t27-/m0/s1. The lowest BCUT2D eigenvalue weighted by Crippen LogP contribution is -2.32. The summed E-state index contributed by atoms with van der Waals surface area (Å²) in [5.74, 6) is 0.952. The Balaban J connectivity index is 1.43. The van der Waals surface area contributed by atoms with Crippen LogP contribution in [0.25, 0.3) is 33.8 Å². The van der Waals surface area contributed by atoms with E-state index < -0.39 is 24.3 Å². The van der Waals surface area contributed by atoms with E-state index in [4.69, 9.17) is 14.5 Å². The number of alkyl halides is 4. The minimum Gasteiger partial charge on any atom is -0.480 e. The third-order valence-corrected chi connectivity index (χ3v) is 7.30. The Kier molecular flexibility index (Phi) is 6.99. The molecule has 0 radical (unpaired) electrons. The molecule has 0 aliphatic heterocycles. The number of nitrogens with zero attached hydrogens (tertiary/aromatic N) is 8. The molecule has 1 aromatic carbocycles. The van der Waals surface area contributed by atoms with Crippen LogP contribution < -0.4 is 9.47 Å². The number of halogens is 4. The van der Waals surface area contributed by atoms with Crippen LogP contribution in [0.1, 0.15) is 42.6 Å². The summed E-state index contributed by atoms with van der Waals surface area (Å²) in [6, 6.07) is 6.05. The maximum Gasteiger partial charge on any atom is 0.434 e. The van der Waals surface area contributed by atoms with Crippen LogP contribution in [-0.2, 0) is 18.4 Å². The number of ether oxygens (including phenoxy) is 2. The molecule has 1 N–H and O–H groups in total. The summed E-state index contributed by atoms with van der Waals surface area (Å²) in [6.07, 6.45) is 1.00. The highest BCUT2D eigenvalue weighted by atomic mass is 19.4. The van der Waals surface area contributed by atoms with Gasteiger partial charge in [-0.25, -0.2) is 34.0 Å². The van der Waals surface area contributed by atoms with E-state index in [9.17, 15) is 22.7 Å². The lowest BCUT2D eigenvalue weighted by atomic mass is 10.0. The fourth-order valence-corrected chi connectivity index (χ4v) is 4.97. The number of fused-ring (bicyclic) bond motifs is 1. The predicted molar refractivity (Wildman–Crippen MR) is 145 cm³/mol. The molecule has 4 heterocycles. The van der Waals surface area contributed by atoms with Gasteiger partial charge in [0.25, 0.3) is 0 Å². The van der Waals surface area contributed by atoms with Gasteiger partial charge in [0.15, 0.2) is 22.9 Å². The first-order chi connectivity index (χ1) is 20.6. The Labute approximate surface area is 242 Å². The molecule has 11 nitrogen and oxygen atoms in total. The maximum atomic E-state index is 13.3. The second kappa shape index (κ2) is 10.6. The molecule has 43 heavy (non-hydrogen) atoms. The predicted octanol–water partition coefficient (Wildman–Crippen LogP) is 4.74. The molecule has 0 amide bonds. The van der Waals surface area contributed by atoms with Crippen molar-refractivity contribution in [3.05, 3.63) is 59.9 Å². The number of hydrogen-bond acceptors (Lipinski definition) is 9. The topological polar surface area (TPSA) is 126 Å². The summed E-state index contributed by atoms with van der Waals surface area (Å²) < 4.78 is 66.3. The van der Waals surface area contributed by atoms with E-state index in [1.807, 2.05) is 0 Å². The van der Waals surface area contributed by atoms with Gasteiger partial charge in [0, 0.05) is 29.4 Å². The fourth-order valence-electron chi connectivity index (χ4n) is 4.97. The monoisotopic (exact) mass is 598 g/mol. The number of imidazole rings is 1. The number of hydrogen-bond donors (Lipinski definition) is 1. The Hall–Kier alpha value is -4.66. The van der Waals surface area contributed by atoms with Crippen LogP contribution in [0.5, 0.6) is 11.8 Å². The molecule has 1 aliphatic rings. The minimum atomic E-state index is -4.68. The van der Waals surface area contributed by atoms with Crippen molar-refractivity contribution in [2.24, 2.45) is 0 Å². The molecule has 0 unspecified atom stereocenters. The van der Waals surface area contributed by atoms with Crippen LogP contribution in [0, 0.1) is 0 Å². The van der Waals surface area contributed by atoms with Gasteiger partial charge < -0.3 is 19.1 Å². The largest absolute Gasteiger partial charge is 0.480 e. The van der Waals surface area contributed by atoms with Gasteiger partial charge in [-0.05, 0) is 19.8 Å².